The number of carbonyl (C=O) groups excluding carboxylic acids is 2. The number of rotatable bonds is 4. The smallest absolute Gasteiger partial charge is 0.240 e. The van der Waals surface area contributed by atoms with E-state index in [0.717, 1.165) is 4.90 Å². The fourth-order valence-corrected chi connectivity index (χ4v) is 2.75. The van der Waals surface area contributed by atoms with Gasteiger partial charge in [0.2, 0.25) is 11.8 Å². The number of hydrogen-bond donors (Lipinski definition) is 2. The summed E-state index contributed by atoms with van der Waals surface area (Å²) in [5.74, 6) is 0.210. The van der Waals surface area contributed by atoms with E-state index in [1.54, 1.807) is 18.2 Å². The zero-order valence-electron chi connectivity index (χ0n) is 9.93. The van der Waals surface area contributed by atoms with E-state index in [1.807, 2.05) is 6.92 Å². The van der Waals surface area contributed by atoms with Crippen molar-refractivity contribution in [1.82, 2.24) is 5.32 Å². The van der Waals surface area contributed by atoms with E-state index >= 15 is 0 Å². The Kier molecular flexibility index (Phi) is 3.76. The number of nitrogen functional groups attached to an aromatic ring is 1. The fraction of sp³-hybridized carbons (Fsp3) is 0.333. The molecule has 1 fully saturated rings. The monoisotopic (exact) mass is 266 g/mol. The van der Waals surface area contributed by atoms with Crippen LogP contribution in [-0.4, -0.2) is 23.7 Å². The Hall–Kier alpha value is -1.69. The van der Waals surface area contributed by atoms with Gasteiger partial charge in [0.15, 0.2) is 0 Å². The second kappa shape index (κ2) is 5.30. The maximum Gasteiger partial charge on any atom is 0.240 e. The molecule has 1 heterocycles. The topological polar surface area (TPSA) is 81.4 Å². The highest BCUT2D eigenvalue weighted by Crippen LogP contribution is 2.34. The van der Waals surface area contributed by atoms with Crippen LogP contribution >= 0.6 is 11.8 Å². The second-order valence-corrected chi connectivity index (χ2v) is 5.10. The van der Waals surface area contributed by atoms with Crippen LogP contribution in [0, 0.1) is 0 Å². The molecule has 1 aliphatic rings. The zero-order chi connectivity index (χ0) is 13.1. The first kappa shape index (κ1) is 12.8. The highest BCUT2D eigenvalue weighted by molar-refractivity contribution is 8.00. The predicted molar refractivity (Wildman–Crippen MR) is 69.4 cm³/mol. The minimum Gasteiger partial charge on any atom is -0.494 e. The molecule has 0 aromatic heterocycles. The summed E-state index contributed by atoms with van der Waals surface area (Å²) in [6.45, 7) is 2.46. The van der Waals surface area contributed by atoms with Crippen LogP contribution in [0.15, 0.2) is 23.1 Å². The Labute approximate surface area is 109 Å². The Bertz CT molecular complexity index is 490. The summed E-state index contributed by atoms with van der Waals surface area (Å²) in [7, 11) is 0. The van der Waals surface area contributed by atoms with Crippen molar-refractivity contribution in [3.05, 3.63) is 18.2 Å². The minimum atomic E-state index is -0.406. The molecule has 0 bridgehead atoms. The molecule has 0 saturated carbocycles. The Morgan fingerprint density at radius 1 is 1.50 bits per heavy atom. The van der Waals surface area contributed by atoms with E-state index in [2.05, 4.69) is 5.32 Å². The first-order valence-corrected chi connectivity index (χ1v) is 6.50. The lowest BCUT2D eigenvalue weighted by Crippen LogP contribution is -2.23. The Balaban J connectivity index is 2.15. The third-order valence-corrected chi connectivity index (χ3v) is 3.76. The summed E-state index contributed by atoms with van der Waals surface area (Å²) in [6.07, 6.45) is 0.196. The van der Waals surface area contributed by atoms with Crippen molar-refractivity contribution in [2.24, 2.45) is 0 Å². The van der Waals surface area contributed by atoms with E-state index in [-0.39, 0.29) is 18.2 Å². The quantitative estimate of drug-likeness (QED) is 0.631. The maximum absolute atomic E-state index is 11.5. The summed E-state index contributed by atoms with van der Waals surface area (Å²) in [6, 6.07) is 5.31. The molecule has 2 rings (SSSR count). The number of imide groups is 1. The lowest BCUT2D eigenvalue weighted by molar-refractivity contribution is -0.124. The normalized spacial score (nSPS) is 18.8. The van der Waals surface area contributed by atoms with Gasteiger partial charge in [-0.1, -0.05) is 0 Å². The van der Waals surface area contributed by atoms with Gasteiger partial charge in [0.1, 0.15) is 5.75 Å². The van der Waals surface area contributed by atoms with Gasteiger partial charge in [-0.05, 0) is 25.1 Å². The SMILES string of the molecule is CCOc1ccc(N)c(SC2CC(=O)NC2=O)c1. The Morgan fingerprint density at radius 2 is 2.28 bits per heavy atom. The van der Waals surface area contributed by atoms with Crippen molar-refractivity contribution in [1.29, 1.82) is 0 Å². The van der Waals surface area contributed by atoms with E-state index in [9.17, 15) is 9.59 Å². The summed E-state index contributed by atoms with van der Waals surface area (Å²) in [5, 5.41) is 1.87. The average Bonchev–Trinajstić information content (AvgIpc) is 2.62. The molecule has 1 saturated heterocycles. The highest BCUT2D eigenvalue weighted by atomic mass is 32.2. The third-order valence-electron chi connectivity index (χ3n) is 2.49. The molecule has 1 aromatic carbocycles. The predicted octanol–water partition coefficient (Wildman–Crippen LogP) is 1.17. The molecule has 6 heteroatoms. The molecule has 96 valence electrons. The zero-order valence-corrected chi connectivity index (χ0v) is 10.8. The summed E-state index contributed by atoms with van der Waals surface area (Å²) in [4.78, 5) is 23.4. The van der Waals surface area contributed by atoms with Gasteiger partial charge in [-0.15, -0.1) is 11.8 Å². The molecule has 3 N–H and O–H groups in total. The number of nitrogens with two attached hydrogens (primary N) is 1. The van der Waals surface area contributed by atoms with Crippen molar-refractivity contribution >= 4 is 29.3 Å². The number of hydrogen-bond acceptors (Lipinski definition) is 5. The van der Waals surface area contributed by atoms with Crippen LogP contribution in [-0.2, 0) is 9.59 Å². The van der Waals surface area contributed by atoms with Crippen LogP contribution < -0.4 is 15.8 Å². The van der Waals surface area contributed by atoms with Crippen LogP contribution in [0.2, 0.25) is 0 Å². The van der Waals surface area contributed by atoms with Crippen molar-refractivity contribution < 1.29 is 14.3 Å². The molecule has 2 amide bonds. The second-order valence-electron chi connectivity index (χ2n) is 3.86. The van der Waals surface area contributed by atoms with Gasteiger partial charge in [0.25, 0.3) is 0 Å². The summed E-state index contributed by atoms with van der Waals surface area (Å²) < 4.78 is 5.38. The number of amides is 2. The molecule has 1 atom stereocenters. The molecule has 0 radical (unpaired) electrons. The summed E-state index contributed by atoms with van der Waals surface area (Å²) >= 11 is 1.29. The van der Waals surface area contributed by atoms with E-state index in [4.69, 9.17) is 10.5 Å². The molecule has 1 unspecified atom stereocenters. The molecule has 5 nitrogen and oxygen atoms in total. The molecule has 1 aromatic rings. The number of thioether (sulfide) groups is 1. The largest absolute Gasteiger partial charge is 0.494 e. The van der Waals surface area contributed by atoms with Gasteiger partial charge in [0, 0.05) is 17.0 Å². The van der Waals surface area contributed by atoms with Crippen LogP contribution in [0.1, 0.15) is 13.3 Å². The third kappa shape index (κ3) is 2.76. The first-order valence-electron chi connectivity index (χ1n) is 5.63. The summed E-state index contributed by atoms with van der Waals surface area (Å²) in [5.41, 5.74) is 6.43. The van der Waals surface area contributed by atoms with Gasteiger partial charge < -0.3 is 10.5 Å². The van der Waals surface area contributed by atoms with Crippen LogP contribution in [0.3, 0.4) is 0 Å². The molecule has 0 aliphatic carbocycles. The highest BCUT2D eigenvalue weighted by Gasteiger charge is 2.31. The van der Waals surface area contributed by atoms with Gasteiger partial charge in [0.05, 0.1) is 11.9 Å². The van der Waals surface area contributed by atoms with Gasteiger partial charge in [-0.25, -0.2) is 0 Å². The lowest BCUT2D eigenvalue weighted by atomic mass is 10.3. The van der Waals surface area contributed by atoms with Crippen molar-refractivity contribution in [2.45, 2.75) is 23.5 Å². The van der Waals surface area contributed by atoms with Crippen molar-refractivity contribution in [2.75, 3.05) is 12.3 Å². The van der Waals surface area contributed by atoms with Crippen molar-refractivity contribution in [3.63, 3.8) is 0 Å². The molecular formula is C12H14N2O3S. The maximum atomic E-state index is 11.5. The number of anilines is 1. The van der Waals surface area contributed by atoms with Crippen LogP contribution in [0.25, 0.3) is 0 Å². The Morgan fingerprint density at radius 3 is 2.89 bits per heavy atom. The number of nitrogens with one attached hydrogen (secondary N) is 1. The number of carbonyl (C=O) groups is 2. The molecule has 0 spiro atoms. The van der Waals surface area contributed by atoms with E-state index in [0.29, 0.717) is 18.0 Å². The van der Waals surface area contributed by atoms with Gasteiger partial charge >= 0.3 is 0 Å². The first-order chi connectivity index (χ1) is 8.60. The molecule has 18 heavy (non-hydrogen) atoms. The van der Waals surface area contributed by atoms with Gasteiger partial charge in [-0.2, -0.15) is 0 Å². The molecule has 1 aliphatic heterocycles. The van der Waals surface area contributed by atoms with E-state index < -0.39 is 5.25 Å². The average molecular weight is 266 g/mol. The van der Waals surface area contributed by atoms with Crippen LogP contribution in [0.5, 0.6) is 5.75 Å². The standard InChI is InChI=1S/C12H14N2O3S/c1-2-17-7-3-4-8(13)9(5-7)18-10-6-11(15)14-12(10)16/h3-5,10H,2,6,13H2,1H3,(H,14,15,16). The van der Waals surface area contributed by atoms with Gasteiger partial charge in [-0.3, -0.25) is 14.9 Å². The number of benzene rings is 1. The fourth-order valence-electron chi connectivity index (χ4n) is 1.65. The lowest BCUT2D eigenvalue weighted by Gasteiger charge is -2.11. The minimum absolute atomic E-state index is 0.196. The number of ether oxygens (including phenoxy) is 1. The van der Waals surface area contributed by atoms with Crippen LogP contribution in [0.4, 0.5) is 5.69 Å². The molecular weight excluding hydrogens is 252 g/mol. The van der Waals surface area contributed by atoms with Crippen molar-refractivity contribution in [3.8, 4) is 5.75 Å². The van der Waals surface area contributed by atoms with E-state index in [1.165, 1.54) is 11.8 Å².